The minimum Gasteiger partial charge on any atom is -0.484 e. The third kappa shape index (κ3) is 3.84. The molecule has 0 radical (unpaired) electrons. The molecule has 5 nitrogen and oxygen atoms in total. The van der Waals surface area contributed by atoms with Gasteiger partial charge in [-0.3, -0.25) is 4.79 Å². The van der Waals surface area contributed by atoms with Crippen LogP contribution in [0.3, 0.4) is 0 Å². The van der Waals surface area contributed by atoms with E-state index in [-0.39, 0.29) is 12.4 Å². The lowest BCUT2D eigenvalue weighted by atomic mass is 10.1. The number of hydrogen-bond acceptors (Lipinski definition) is 5. The highest BCUT2D eigenvalue weighted by Crippen LogP contribution is 2.21. The van der Waals surface area contributed by atoms with Gasteiger partial charge in [0.1, 0.15) is 5.75 Å². The molecule has 0 bridgehead atoms. The average molecular weight is 373 g/mol. The number of rotatable bonds is 5. The summed E-state index contributed by atoms with van der Waals surface area (Å²) in [6, 6.07) is 14.6. The van der Waals surface area contributed by atoms with Gasteiger partial charge in [0.05, 0.1) is 0 Å². The van der Waals surface area contributed by atoms with Crippen LogP contribution in [0.1, 0.15) is 23.2 Å². The van der Waals surface area contributed by atoms with E-state index < -0.39 is 0 Å². The summed E-state index contributed by atoms with van der Waals surface area (Å²) in [4.78, 5) is 15.5. The van der Waals surface area contributed by atoms with Gasteiger partial charge in [-0.1, -0.05) is 33.2 Å². The van der Waals surface area contributed by atoms with Crippen molar-refractivity contribution in [3.63, 3.8) is 0 Å². The van der Waals surface area contributed by atoms with Crippen molar-refractivity contribution in [1.82, 2.24) is 10.1 Å². The van der Waals surface area contributed by atoms with Gasteiger partial charge in [-0.25, -0.2) is 0 Å². The Kier molecular flexibility index (Phi) is 4.52. The highest BCUT2D eigenvalue weighted by Gasteiger charge is 2.09. The predicted molar refractivity (Wildman–Crippen MR) is 88.2 cm³/mol. The summed E-state index contributed by atoms with van der Waals surface area (Å²) >= 11 is 3.41. The van der Waals surface area contributed by atoms with Gasteiger partial charge < -0.3 is 9.26 Å². The molecular formula is C17H13BrN2O3. The maximum Gasteiger partial charge on any atom is 0.264 e. The minimum atomic E-state index is 0.0205. The normalized spacial score (nSPS) is 10.5. The van der Waals surface area contributed by atoms with Crippen LogP contribution in [0.5, 0.6) is 5.75 Å². The largest absolute Gasteiger partial charge is 0.484 e. The van der Waals surface area contributed by atoms with E-state index in [2.05, 4.69) is 26.1 Å². The first-order chi connectivity index (χ1) is 11.1. The number of benzene rings is 2. The second-order valence-electron chi connectivity index (χ2n) is 4.89. The van der Waals surface area contributed by atoms with Crippen molar-refractivity contribution in [2.45, 2.75) is 13.5 Å². The van der Waals surface area contributed by atoms with Crippen LogP contribution in [0.4, 0.5) is 0 Å². The molecule has 0 aliphatic carbocycles. The predicted octanol–water partition coefficient (Wildman–Crippen LogP) is 4.28. The number of ether oxygens (including phenoxy) is 1. The third-order valence-corrected chi connectivity index (χ3v) is 3.67. The molecule has 1 aromatic heterocycles. The van der Waals surface area contributed by atoms with Crippen LogP contribution < -0.4 is 4.74 Å². The van der Waals surface area contributed by atoms with Gasteiger partial charge in [0.2, 0.25) is 5.82 Å². The summed E-state index contributed by atoms with van der Waals surface area (Å²) in [5.74, 6) is 1.55. The van der Waals surface area contributed by atoms with Crippen LogP contribution in [0, 0.1) is 0 Å². The van der Waals surface area contributed by atoms with Gasteiger partial charge in [0, 0.05) is 15.6 Å². The Morgan fingerprint density at radius 2 is 2.00 bits per heavy atom. The van der Waals surface area contributed by atoms with Crippen LogP contribution in [0.25, 0.3) is 11.4 Å². The topological polar surface area (TPSA) is 65.2 Å². The molecule has 0 aliphatic rings. The summed E-state index contributed by atoms with van der Waals surface area (Å²) in [5.41, 5.74) is 1.51. The standard InChI is InChI=1S/C17H13BrN2O3/c1-11(21)12-5-7-15(8-6-12)22-10-16-19-17(20-23-16)13-3-2-4-14(18)9-13/h2-9H,10H2,1H3. The van der Waals surface area contributed by atoms with E-state index in [0.717, 1.165) is 10.0 Å². The number of aromatic nitrogens is 2. The lowest BCUT2D eigenvalue weighted by Gasteiger charge is -2.03. The van der Waals surface area contributed by atoms with E-state index in [1.165, 1.54) is 6.92 Å². The first-order valence-corrected chi connectivity index (χ1v) is 7.73. The molecule has 0 unspecified atom stereocenters. The van der Waals surface area contributed by atoms with E-state index in [4.69, 9.17) is 9.26 Å². The van der Waals surface area contributed by atoms with Gasteiger partial charge >= 0.3 is 0 Å². The molecule has 0 fully saturated rings. The van der Waals surface area contributed by atoms with Gasteiger partial charge in [-0.2, -0.15) is 4.98 Å². The Morgan fingerprint density at radius 1 is 1.22 bits per heavy atom. The monoisotopic (exact) mass is 372 g/mol. The number of carbonyl (C=O) groups excluding carboxylic acids is 1. The first-order valence-electron chi connectivity index (χ1n) is 6.94. The number of carbonyl (C=O) groups is 1. The fourth-order valence-corrected chi connectivity index (χ4v) is 2.39. The third-order valence-electron chi connectivity index (χ3n) is 3.17. The van der Waals surface area contributed by atoms with Crippen molar-refractivity contribution >= 4 is 21.7 Å². The van der Waals surface area contributed by atoms with Crippen LogP contribution in [-0.2, 0) is 6.61 Å². The molecule has 0 aliphatic heterocycles. The molecule has 0 saturated carbocycles. The summed E-state index contributed by atoms with van der Waals surface area (Å²) < 4.78 is 11.7. The molecule has 0 atom stereocenters. The number of ketones is 1. The molecule has 3 aromatic rings. The number of hydrogen-bond donors (Lipinski definition) is 0. The fraction of sp³-hybridized carbons (Fsp3) is 0.118. The Morgan fingerprint density at radius 3 is 2.70 bits per heavy atom. The fourth-order valence-electron chi connectivity index (χ4n) is 1.99. The highest BCUT2D eigenvalue weighted by atomic mass is 79.9. The van der Waals surface area contributed by atoms with E-state index >= 15 is 0 Å². The van der Waals surface area contributed by atoms with Gasteiger partial charge in [0.15, 0.2) is 12.4 Å². The lowest BCUT2D eigenvalue weighted by Crippen LogP contribution is -1.97. The van der Waals surface area contributed by atoms with Crippen molar-refractivity contribution < 1.29 is 14.1 Å². The SMILES string of the molecule is CC(=O)c1ccc(OCc2nc(-c3cccc(Br)c3)no2)cc1. The van der Waals surface area contributed by atoms with E-state index in [0.29, 0.717) is 23.0 Å². The Labute approximate surface area is 141 Å². The summed E-state index contributed by atoms with van der Waals surface area (Å²) in [6.07, 6.45) is 0. The zero-order valence-electron chi connectivity index (χ0n) is 12.3. The molecule has 0 spiro atoms. The average Bonchev–Trinajstić information content (AvgIpc) is 3.02. The number of Topliss-reactive ketones (excluding diaryl/α,β-unsaturated/α-hetero) is 1. The Bertz CT molecular complexity index is 828. The molecule has 6 heteroatoms. The van der Waals surface area contributed by atoms with Crippen molar-refractivity contribution in [2.24, 2.45) is 0 Å². The van der Waals surface area contributed by atoms with Crippen LogP contribution in [0.15, 0.2) is 57.5 Å². The van der Waals surface area contributed by atoms with E-state index in [1.54, 1.807) is 24.3 Å². The minimum absolute atomic E-state index is 0.0205. The molecule has 0 saturated heterocycles. The van der Waals surface area contributed by atoms with Gasteiger partial charge in [-0.05, 0) is 43.3 Å². The zero-order chi connectivity index (χ0) is 16.2. The second-order valence-corrected chi connectivity index (χ2v) is 5.81. The quantitative estimate of drug-likeness (QED) is 0.625. The van der Waals surface area contributed by atoms with Crippen molar-refractivity contribution in [3.05, 3.63) is 64.5 Å². The summed E-state index contributed by atoms with van der Waals surface area (Å²) in [7, 11) is 0. The summed E-state index contributed by atoms with van der Waals surface area (Å²) in [6.45, 7) is 1.69. The molecule has 116 valence electrons. The number of halogens is 1. The maximum absolute atomic E-state index is 11.2. The molecule has 0 N–H and O–H groups in total. The molecule has 2 aromatic carbocycles. The van der Waals surface area contributed by atoms with E-state index in [1.807, 2.05) is 24.3 Å². The lowest BCUT2D eigenvalue weighted by molar-refractivity contribution is 0.101. The van der Waals surface area contributed by atoms with E-state index in [9.17, 15) is 4.79 Å². The highest BCUT2D eigenvalue weighted by molar-refractivity contribution is 9.10. The first kappa shape index (κ1) is 15.4. The Hall–Kier alpha value is -2.47. The van der Waals surface area contributed by atoms with Crippen LogP contribution >= 0.6 is 15.9 Å². The molecule has 23 heavy (non-hydrogen) atoms. The van der Waals surface area contributed by atoms with Crippen molar-refractivity contribution in [1.29, 1.82) is 0 Å². The molecular weight excluding hydrogens is 360 g/mol. The van der Waals surface area contributed by atoms with Gasteiger partial charge in [0.25, 0.3) is 5.89 Å². The zero-order valence-corrected chi connectivity index (χ0v) is 13.9. The van der Waals surface area contributed by atoms with Crippen molar-refractivity contribution in [3.8, 4) is 17.1 Å². The molecule has 0 amide bonds. The van der Waals surface area contributed by atoms with Crippen molar-refractivity contribution in [2.75, 3.05) is 0 Å². The smallest absolute Gasteiger partial charge is 0.264 e. The molecule has 1 heterocycles. The van der Waals surface area contributed by atoms with Crippen LogP contribution in [-0.4, -0.2) is 15.9 Å². The maximum atomic E-state index is 11.2. The number of nitrogens with zero attached hydrogens (tertiary/aromatic N) is 2. The molecule has 3 rings (SSSR count). The second kappa shape index (κ2) is 6.75. The van der Waals surface area contributed by atoms with Gasteiger partial charge in [-0.15, -0.1) is 0 Å². The Balaban J connectivity index is 1.66. The summed E-state index contributed by atoms with van der Waals surface area (Å²) in [5, 5.41) is 3.95. The van der Waals surface area contributed by atoms with Crippen LogP contribution in [0.2, 0.25) is 0 Å².